The highest BCUT2D eigenvalue weighted by Crippen LogP contribution is 2.28. The van der Waals surface area contributed by atoms with E-state index in [1.54, 1.807) is 0 Å². The molecule has 2 heterocycles. The number of hydrogen-bond acceptors (Lipinski definition) is 6. The van der Waals surface area contributed by atoms with Crippen molar-refractivity contribution in [1.82, 2.24) is 15.2 Å². The highest BCUT2D eigenvalue weighted by molar-refractivity contribution is 7.18. The zero-order chi connectivity index (χ0) is 14.0. The Balaban J connectivity index is 2.11. The molecule has 0 bridgehead atoms. The van der Waals surface area contributed by atoms with Gasteiger partial charge in [0, 0.05) is 17.8 Å². The van der Waals surface area contributed by atoms with Gasteiger partial charge in [-0.3, -0.25) is 5.10 Å². The first-order valence-corrected chi connectivity index (χ1v) is 6.71. The van der Waals surface area contributed by atoms with Crippen LogP contribution in [0.4, 0.5) is 5.13 Å². The number of esters is 1. The van der Waals surface area contributed by atoms with Crippen LogP contribution >= 0.6 is 22.9 Å². The predicted molar refractivity (Wildman–Crippen MR) is 73.9 cm³/mol. The number of carbonyl (C=O) groups excluding carboxylic acids is 1. The van der Waals surface area contributed by atoms with E-state index in [2.05, 4.69) is 25.2 Å². The number of hydrogen-bond donors (Lipinski definition) is 2. The molecule has 8 heteroatoms. The van der Waals surface area contributed by atoms with Gasteiger partial charge in [-0.15, -0.1) is 0 Å². The molecule has 0 amide bonds. The molecule has 2 N–H and O–H groups in total. The van der Waals surface area contributed by atoms with E-state index in [0.717, 1.165) is 17.0 Å². The Morgan fingerprint density at radius 3 is 2.84 bits per heavy atom. The number of aryl methyl sites for hydroxylation is 2. The van der Waals surface area contributed by atoms with Gasteiger partial charge in [-0.05, 0) is 13.8 Å². The molecule has 2 aromatic heterocycles. The summed E-state index contributed by atoms with van der Waals surface area (Å²) in [6, 6.07) is 0. The van der Waals surface area contributed by atoms with Crippen molar-refractivity contribution in [3.63, 3.8) is 0 Å². The van der Waals surface area contributed by atoms with Crippen LogP contribution < -0.4 is 5.32 Å². The molecule has 0 aromatic carbocycles. The molecule has 6 nitrogen and oxygen atoms in total. The van der Waals surface area contributed by atoms with Gasteiger partial charge in [-0.25, -0.2) is 9.78 Å². The van der Waals surface area contributed by atoms with Crippen molar-refractivity contribution in [3.05, 3.63) is 27.0 Å². The Morgan fingerprint density at radius 2 is 2.26 bits per heavy atom. The Hall–Kier alpha value is -1.60. The lowest BCUT2D eigenvalue weighted by Crippen LogP contribution is -2.00. The van der Waals surface area contributed by atoms with Gasteiger partial charge in [0.25, 0.3) is 0 Å². The minimum absolute atomic E-state index is 0.153. The molecule has 0 aliphatic rings. The number of aromatic amines is 1. The number of carbonyl (C=O) groups is 1. The van der Waals surface area contributed by atoms with Crippen LogP contribution in [0.5, 0.6) is 0 Å². The van der Waals surface area contributed by atoms with Crippen molar-refractivity contribution in [1.29, 1.82) is 0 Å². The molecule has 0 fully saturated rings. The van der Waals surface area contributed by atoms with Crippen molar-refractivity contribution in [2.45, 2.75) is 20.4 Å². The smallest absolute Gasteiger partial charge is 0.351 e. The first kappa shape index (κ1) is 13.8. The zero-order valence-corrected chi connectivity index (χ0v) is 12.3. The van der Waals surface area contributed by atoms with Gasteiger partial charge < -0.3 is 10.1 Å². The highest BCUT2D eigenvalue weighted by Gasteiger charge is 2.17. The third-order valence-electron chi connectivity index (χ3n) is 2.65. The predicted octanol–water partition coefficient (Wildman–Crippen LogP) is 2.54. The summed E-state index contributed by atoms with van der Waals surface area (Å²) in [6.45, 7) is 4.44. The second-order valence-electron chi connectivity index (χ2n) is 3.90. The zero-order valence-electron chi connectivity index (χ0n) is 10.7. The Bertz CT molecular complexity index is 588. The Labute approximate surface area is 119 Å². The van der Waals surface area contributed by atoms with Crippen LogP contribution in [0.2, 0.25) is 5.15 Å². The summed E-state index contributed by atoms with van der Waals surface area (Å²) >= 11 is 7.05. The maximum atomic E-state index is 11.4. The number of anilines is 1. The van der Waals surface area contributed by atoms with Gasteiger partial charge in [-0.1, -0.05) is 22.9 Å². The number of aromatic nitrogens is 3. The number of halogens is 1. The van der Waals surface area contributed by atoms with Crippen LogP contribution in [-0.4, -0.2) is 28.3 Å². The van der Waals surface area contributed by atoms with Gasteiger partial charge in [0.05, 0.1) is 12.8 Å². The fourth-order valence-electron chi connectivity index (χ4n) is 1.59. The summed E-state index contributed by atoms with van der Waals surface area (Å²) in [5.41, 5.74) is 3.01. The van der Waals surface area contributed by atoms with Gasteiger partial charge in [0.2, 0.25) is 0 Å². The van der Waals surface area contributed by atoms with Crippen molar-refractivity contribution >= 4 is 34.0 Å². The van der Waals surface area contributed by atoms with Crippen molar-refractivity contribution in [2.24, 2.45) is 0 Å². The second-order valence-corrected chi connectivity index (χ2v) is 5.25. The van der Waals surface area contributed by atoms with Crippen molar-refractivity contribution in [3.8, 4) is 0 Å². The van der Waals surface area contributed by atoms with E-state index in [0.29, 0.717) is 16.6 Å². The fourth-order valence-corrected chi connectivity index (χ4v) is 2.69. The third-order valence-corrected chi connectivity index (χ3v) is 4.03. The van der Waals surface area contributed by atoms with E-state index in [4.69, 9.17) is 11.6 Å². The second kappa shape index (κ2) is 5.58. The van der Waals surface area contributed by atoms with E-state index < -0.39 is 5.97 Å². The van der Waals surface area contributed by atoms with E-state index >= 15 is 0 Å². The molecule has 19 heavy (non-hydrogen) atoms. The first-order valence-electron chi connectivity index (χ1n) is 5.52. The van der Waals surface area contributed by atoms with E-state index in [1.165, 1.54) is 18.4 Å². The van der Waals surface area contributed by atoms with Gasteiger partial charge >= 0.3 is 5.97 Å². The lowest BCUT2D eigenvalue weighted by Gasteiger charge is -2.02. The third kappa shape index (κ3) is 2.87. The highest BCUT2D eigenvalue weighted by atomic mass is 35.5. The molecule has 0 radical (unpaired) electrons. The number of H-pyrrole nitrogens is 1. The van der Waals surface area contributed by atoms with Crippen LogP contribution in [0.25, 0.3) is 0 Å². The van der Waals surface area contributed by atoms with Crippen LogP contribution in [0, 0.1) is 13.8 Å². The molecule has 0 aliphatic heterocycles. The monoisotopic (exact) mass is 300 g/mol. The minimum atomic E-state index is -0.480. The maximum Gasteiger partial charge on any atom is 0.351 e. The van der Waals surface area contributed by atoms with Crippen LogP contribution in [0.1, 0.15) is 26.6 Å². The van der Waals surface area contributed by atoms with Crippen molar-refractivity contribution in [2.75, 3.05) is 12.4 Å². The standard InChI is InChI=1S/C11H13ClN4O2S/c1-5-7(6(2)16-15-5)4-13-11-14-9(12)8(19-11)10(17)18-3/h4H2,1-3H3,(H,13,14)(H,15,16). The van der Waals surface area contributed by atoms with Crippen molar-refractivity contribution < 1.29 is 9.53 Å². The number of nitrogens with zero attached hydrogens (tertiary/aromatic N) is 2. The summed E-state index contributed by atoms with van der Waals surface area (Å²) in [5, 5.41) is 10.9. The molecule has 102 valence electrons. The SMILES string of the molecule is COC(=O)c1sc(NCc2c(C)n[nH]c2C)nc1Cl. The van der Waals surface area contributed by atoms with Gasteiger partial charge in [0.1, 0.15) is 0 Å². The largest absolute Gasteiger partial charge is 0.465 e. The normalized spacial score (nSPS) is 10.5. The molecule has 2 aromatic rings. The average molecular weight is 301 g/mol. The van der Waals surface area contributed by atoms with Crippen LogP contribution in [0.15, 0.2) is 0 Å². The summed E-state index contributed by atoms with van der Waals surface area (Å²) in [4.78, 5) is 15.8. The molecule has 0 spiro atoms. The summed E-state index contributed by atoms with van der Waals surface area (Å²) in [5.74, 6) is -0.480. The van der Waals surface area contributed by atoms with E-state index in [-0.39, 0.29) is 5.15 Å². The summed E-state index contributed by atoms with van der Waals surface area (Å²) in [7, 11) is 1.31. The fraction of sp³-hybridized carbons (Fsp3) is 0.364. The molecule has 0 saturated heterocycles. The Kier molecular flexibility index (Phi) is 4.06. The lowest BCUT2D eigenvalue weighted by molar-refractivity contribution is 0.0606. The van der Waals surface area contributed by atoms with Crippen LogP contribution in [-0.2, 0) is 11.3 Å². The number of rotatable bonds is 4. The summed E-state index contributed by atoms with van der Waals surface area (Å²) in [6.07, 6.45) is 0. The number of thiazole rings is 1. The van der Waals surface area contributed by atoms with E-state index in [9.17, 15) is 4.79 Å². The first-order chi connectivity index (χ1) is 9.02. The Morgan fingerprint density at radius 1 is 1.53 bits per heavy atom. The number of methoxy groups -OCH3 is 1. The van der Waals surface area contributed by atoms with Gasteiger partial charge in [-0.2, -0.15) is 5.10 Å². The quantitative estimate of drug-likeness (QED) is 0.848. The number of ether oxygens (including phenoxy) is 1. The van der Waals surface area contributed by atoms with Crippen LogP contribution in [0.3, 0.4) is 0 Å². The molecular weight excluding hydrogens is 288 g/mol. The summed E-state index contributed by atoms with van der Waals surface area (Å²) < 4.78 is 4.62. The molecule has 2 rings (SSSR count). The molecule has 0 aliphatic carbocycles. The average Bonchev–Trinajstić information content (AvgIpc) is 2.90. The maximum absolute atomic E-state index is 11.4. The number of nitrogens with one attached hydrogen (secondary N) is 2. The van der Waals surface area contributed by atoms with Gasteiger partial charge in [0.15, 0.2) is 15.2 Å². The molecule has 0 saturated carbocycles. The topological polar surface area (TPSA) is 79.9 Å². The lowest BCUT2D eigenvalue weighted by atomic mass is 10.2. The molecule has 0 unspecified atom stereocenters. The molecular formula is C11H13ClN4O2S. The van der Waals surface area contributed by atoms with E-state index in [1.807, 2.05) is 13.8 Å². The molecule has 0 atom stereocenters. The minimum Gasteiger partial charge on any atom is -0.465 e.